The number of phenols is 1. The quantitative estimate of drug-likeness (QED) is 0.733. The summed E-state index contributed by atoms with van der Waals surface area (Å²) in [6.45, 7) is 1.29. The van der Waals surface area contributed by atoms with E-state index in [1.165, 1.54) is 5.56 Å². The molecule has 0 atom stereocenters. The molecule has 3 aromatic rings. The summed E-state index contributed by atoms with van der Waals surface area (Å²) in [6, 6.07) is 14.8. The Bertz CT molecular complexity index is 778. The van der Waals surface area contributed by atoms with Gasteiger partial charge in [0.25, 0.3) is 0 Å². The molecule has 2 aromatic carbocycles. The van der Waals surface area contributed by atoms with Crippen LogP contribution in [0.2, 0.25) is 0 Å². The van der Waals surface area contributed by atoms with Crippen LogP contribution in [0.3, 0.4) is 0 Å². The van der Waals surface area contributed by atoms with Gasteiger partial charge in [-0.05, 0) is 28.8 Å². The van der Waals surface area contributed by atoms with Crippen molar-refractivity contribution in [1.82, 2.24) is 14.9 Å². The van der Waals surface area contributed by atoms with Crippen LogP contribution in [0.15, 0.2) is 67.3 Å². The molecular formula is C19H19N3O2. The van der Waals surface area contributed by atoms with E-state index in [1.54, 1.807) is 36.8 Å². The predicted octanol–water partition coefficient (Wildman–Crippen LogP) is 2.50. The molecule has 0 saturated carbocycles. The summed E-state index contributed by atoms with van der Waals surface area (Å²) in [7, 11) is 0. The zero-order valence-electron chi connectivity index (χ0n) is 13.2. The van der Waals surface area contributed by atoms with E-state index in [4.69, 9.17) is 0 Å². The first-order valence-electron chi connectivity index (χ1n) is 7.77. The van der Waals surface area contributed by atoms with E-state index in [9.17, 15) is 9.90 Å². The summed E-state index contributed by atoms with van der Waals surface area (Å²) < 4.78 is 2.01. The van der Waals surface area contributed by atoms with Crippen molar-refractivity contribution < 1.29 is 9.90 Å². The first-order chi connectivity index (χ1) is 11.7. The van der Waals surface area contributed by atoms with Crippen molar-refractivity contribution in [3.63, 3.8) is 0 Å². The van der Waals surface area contributed by atoms with E-state index in [2.05, 4.69) is 22.4 Å². The number of amides is 1. The fourth-order valence-electron chi connectivity index (χ4n) is 2.42. The van der Waals surface area contributed by atoms with Crippen LogP contribution in [-0.2, 0) is 24.3 Å². The summed E-state index contributed by atoms with van der Waals surface area (Å²) >= 11 is 0. The fourth-order valence-corrected chi connectivity index (χ4v) is 2.42. The Kier molecular flexibility index (Phi) is 4.91. The molecular weight excluding hydrogens is 302 g/mol. The summed E-state index contributed by atoms with van der Waals surface area (Å²) in [5, 5.41) is 12.2. The molecule has 24 heavy (non-hydrogen) atoms. The van der Waals surface area contributed by atoms with Crippen LogP contribution in [0.4, 0.5) is 0 Å². The third-order valence-electron chi connectivity index (χ3n) is 3.74. The Balaban J connectivity index is 1.49. The zero-order chi connectivity index (χ0) is 16.8. The number of hydrogen-bond donors (Lipinski definition) is 2. The third kappa shape index (κ3) is 4.46. The smallest absolute Gasteiger partial charge is 0.224 e. The molecule has 0 bridgehead atoms. The molecule has 5 heteroatoms. The van der Waals surface area contributed by atoms with Crippen LogP contribution in [0.5, 0.6) is 5.75 Å². The van der Waals surface area contributed by atoms with E-state index < -0.39 is 0 Å². The Morgan fingerprint density at radius 2 is 1.67 bits per heavy atom. The van der Waals surface area contributed by atoms with E-state index in [1.807, 2.05) is 22.9 Å². The molecule has 0 aliphatic carbocycles. The largest absolute Gasteiger partial charge is 0.508 e. The Morgan fingerprint density at radius 1 is 1.00 bits per heavy atom. The van der Waals surface area contributed by atoms with E-state index in [0.717, 1.165) is 17.7 Å². The lowest BCUT2D eigenvalue weighted by Gasteiger charge is -2.07. The van der Waals surface area contributed by atoms with Gasteiger partial charge in [0.2, 0.25) is 5.91 Å². The highest BCUT2D eigenvalue weighted by atomic mass is 16.3. The van der Waals surface area contributed by atoms with Gasteiger partial charge in [-0.25, -0.2) is 4.98 Å². The van der Waals surface area contributed by atoms with Crippen molar-refractivity contribution >= 4 is 5.91 Å². The number of carbonyl (C=O) groups excluding carboxylic acids is 1. The van der Waals surface area contributed by atoms with Crippen LogP contribution in [0.25, 0.3) is 0 Å². The second kappa shape index (κ2) is 7.46. The number of nitrogens with one attached hydrogen (secondary N) is 1. The van der Waals surface area contributed by atoms with Gasteiger partial charge in [0.05, 0.1) is 12.7 Å². The highest BCUT2D eigenvalue weighted by molar-refractivity contribution is 5.78. The van der Waals surface area contributed by atoms with Crippen LogP contribution < -0.4 is 5.32 Å². The molecule has 0 unspecified atom stereocenters. The van der Waals surface area contributed by atoms with Gasteiger partial charge in [0, 0.05) is 25.5 Å². The first kappa shape index (κ1) is 15.8. The minimum Gasteiger partial charge on any atom is -0.508 e. The molecule has 1 amide bonds. The minimum absolute atomic E-state index is 0.0387. The Morgan fingerprint density at radius 3 is 2.33 bits per heavy atom. The lowest BCUT2D eigenvalue weighted by atomic mass is 10.1. The van der Waals surface area contributed by atoms with Gasteiger partial charge in [0.1, 0.15) is 5.75 Å². The maximum atomic E-state index is 12.0. The Hall–Kier alpha value is -3.08. The number of nitrogens with zero attached hydrogens (tertiary/aromatic N) is 2. The molecule has 0 spiro atoms. The second-order valence-corrected chi connectivity index (χ2v) is 5.67. The molecule has 0 saturated heterocycles. The molecule has 0 radical (unpaired) electrons. The van der Waals surface area contributed by atoms with Crippen molar-refractivity contribution in [2.45, 2.75) is 19.5 Å². The SMILES string of the molecule is O=C(Cc1ccc(O)cc1)NCc1ccc(Cn2ccnc2)cc1. The molecule has 0 aliphatic heterocycles. The number of benzene rings is 2. The van der Waals surface area contributed by atoms with Gasteiger partial charge >= 0.3 is 0 Å². The van der Waals surface area contributed by atoms with Crippen LogP contribution in [0, 0.1) is 0 Å². The van der Waals surface area contributed by atoms with Gasteiger partial charge in [0.15, 0.2) is 0 Å². The standard InChI is InChI=1S/C19H19N3O2/c23-18-7-5-15(6-8-18)11-19(24)21-12-16-1-3-17(4-2-16)13-22-10-9-20-14-22/h1-10,14,23H,11-13H2,(H,21,24). The average molecular weight is 321 g/mol. The highest BCUT2D eigenvalue weighted by Gasteiger charge is 2.04. The maximum absolute atomic E-state index is 12.0. The number of hydrogen-bond acceptors (Lipinski definition) is 3. The van der Waals surface area contributed by atoms with Crippen molar-refractivity contribution in [2.75, 3.05) is 0 Å². The van der Waals surface area contributed by atoms with Crippen molar-refractivity contribution in [3.05, 3.63) is 83.9 Å². The Labute approximate surface area is 140 Å². The molecule has 0 aliphatic rings. The summed E-state index contributed by atoms with van der Waals surface area (Å²) in [5.74, 6) is 0.165. The van der Waals surface area contributed by atoms with Gasteiger partial charge in [-0.15, -0.1) is 0 Å². The van der Waals surface area contributed by atoms with Crippen LogP contribution >= 0.6 is 0 Å². The lowest BCUT2D eigenvalue weighted by Crippen LogP contribution is -2.24. The number of aromatic hydroxyl groups is 1. The number of aromatic nitrogens is 2. The van der Waals surface area contributed by atoms with Crippen LogP contribution in [0.1, 0.15) is 16.7 Å². The van der Waals surface area contributed by atoms with Gasteiger partial charge in [-0.2, -0.15) is 0 Å². The second-order valence-electron chi connectivity index (χ2n) is 5.67. The fraction of sp³-hybridized carbons (Fsp3) is 0.158. The molecule has 0 fully saturated rings. The summed E-state index contributed by atoms with van der Waals surface area (Å²) in [4.78, 5) is 16.0. The maximum Gasteiger partial charge on any atom is 0.224 e. The number of carbonyl (C=O) groups is 1. The van der Waals surface area contributed by atoms with Crippen molar-refractivity contribution in [2.24, 2.45) is 0 Å². The van der Waals surface area contributed by atoms with Crippen molar-refractivity contribution in [3.8, 4) is 5.75 Å². The van der Waals surface area contributed by atoms with Crippen molar-refractivity contribution in [1.29, 1.82) is 0 Å². The molecule has 1 aromatic heterocycles. The molecule has 3 rings (SSSR count). The molecule has 122 valence electrons. The summed E-state index contributed by atoms with van der Waals surface area (Å²) in [5.41, 5.74) is 3.12. The average Bonchev–Trinajstić information content (AvgIpc) is 3.09. The number of rotatable bonds is 6. The molecule has 1 heterocycles. The topological polar surface area (TPSA) is 67.2 Å². The lowest BCUT2D eigenvalue weighted by molar-refractivity contribution is -0.120. The highest BCUT2D eigenvalue weighted by Crippen LogP contribution is 2.10. The molecule has 5 nitrogen and oxygen atoms in total. The van der Waals surface area contributed by atoms with Gasteiger partial charge in [-0.3, -0.25) is 4.79 Å². The summed E-state index contributed by atoms with van der Waals surface area (Å²) in [6.07, 6.45) is 5.78. The third-order valence-corrected chi connectivity index (χ3v) is 3.74. The van der Waals surface area contributed by atoms with E-state index in [0.29, 0.717) is 13.0 Å². The van der Waals surface area contributed by atoms with E-state index in [-0.39, 0.29) is 11.7 Å². The minimum atomic E-state index is -0.0387. The van der Waals surface area contributed by atoms with Gasteiger partial charge in [-0.1, -0.05) is 36.4 Å². The number of phenolic OH excluding ortho intramolecular Hbond substituents is 1. The van der Waals surface area contributed by atoms with Gasteiger partial charge < -0.3 is 15.0 Å². The normalized spacial score (nSPS) is 10.5. The monoisotopic (exact) mass is 321 g/mol. The van der Waals surface area contributed by atoms with Crippen LogP contribution in [-0.4, -0.2) is 20.6 Å². The van der Waals surface area contributed by atoms with E-state index >= 15 is 0 Å². The zero-order valence-corrected chi connectivity index (χ0v) is 13.2. The molecule has 2 N–H and O–H groups in total. The number of imidazole rings is 1. The first-order valence-corrected chi connectivity index (χ1v) is 7.77. The predicted molar refractivity (Wildman–Crippen MR) is 91.4 cm³/mol.